The summed E-state index contributed by atoms with van der Waals surface area (Å²) in [4.78, 5) is 18.2. The molecule has 0 saturated carbocycles. The maximum Gasteiger partial charge on any atom is 0.253 e. The number of hydrogen-bond donors (Lipinski definition) is 0. The number of hydrogen-bond acceptors (Lipinski definition) is 5. The molecule has 0 atom stereocenters. The Balaban J connectivity index is 1.39. The van der Waals surface area contributed by atoms with Crippen molar-refractivity contribution in [1.29, 1.82) is 0 Å². The largest absolute Gasteiger partial charge is 0.355 e. The highest BCUT2D eigenvalue weighted by Crippen LogP contribution is 2.26. The van der Waals surface area contributed by atoms with Crippen molar-refractivity contribution < 1.29 is 0 Å². The fourth-order valence-corrected chi connectivity index (χ4v) is 3.77. The summed E-state index contributed by atoms with van der Waals surface area (Å²) in [6, 6.07) is 3.77. The van der Waals surface area contributed by atoms with E-state index < -0.39 is 0 Å². The van der Waals surface area contributed by atoms with Gasteiger partial charge in [0.1, 0.15) is 0 Å². The lowest BCUT2D eigenvalue weighted by Crippen LogP contribution is -2.37. The fourth-order valence-electron chi connectivity index (χ4n) is 3.77. The highest BCUT2D eigenvalue weighted by Gasteiger charge is 2.22. The minimum atomic E-state index is 0.0352. The summed E-state index contributed by atoms with van der Waals surface area (Å²) < 4.78 is 1.72. The van der Waals surface area contributed by atoms with E-state index in [0.717, 1.165) is 51.1 Å². The molecule has 0 amide bonds. The van der Waals surface area contributed by atoms with Crippen LogP contribution in [0.4, 0.5) is 5.82 Å². The molecule has 6 heteroatoms. The Morgan fingerprint density at radius 1 is 1.12 bits per heavy atom. The Labute approximate surface area is 141 Å². The summed E-state index contributed by atoms with van der Waals surface area (Å²) in [6.07, 6.45) is 10.0. The SMILES string of the molecule is O=c1ccncn1CC1CCN(c2cc3c(nn2)CCCC3)CC1. The number of nitrogens with zero attached hydrogens (tertiary/aromatic N) is 5. The first-order valence-electron chi connectivity index (χ1n) is 8.90. The first-order chi connectivity index (χ1) is 11.8. The number of aryl methyl sites for hydroxylation is 2. The van der Waals surface area contributed by atoms with Gasteiger partial charge < -0.3 is 4.90 Å². The third kappa shape index (κ3) is 3.18. The molecule has 0 radical (unpaired) electrons. The van der Waals surface area contributed by atoms with Crippen molar-refractivity contribution in [2.75, 3.05) is 18.0 Å². The van der Waals surface area contributed by atoms with E-state index in [1.807, 2.05) is 0 Å². The Kier molecular flexibility index (Phi) is 4.28. The summed E-state index contributed by atoms with van der Waals surface area (Å²) in [5, 5.41) is 8.90. The predicted octanol–water partition coefficient (Wildman–Crippen LogP) is 1.83. The standard InChI is InChI=1S/C18H23N5O/c24-18-5-8-19-13-23(18)12-14-6-9-22(10-7-14)17-11-15-3-1-2-4-16(15)20-21-17/h5,8,11,13-14H,1-4,6-7,9-10,12H2. The van der Waals surface area contributed by atoms with Gasteiger partial charge in [0, 0.05) is 31.9 Å². The Morgan fingerprint density at radius 2 is 1.96 bits per heavy atom. The zero-order valence-electron chi connectivity index (χ0n) is 13.9. The van der Waals surface area contributed by atoms with Crippen LogP contribution in [0.3, 0.4) is 0 Å². The van der Waals surface area contributed by atoms with Crippen LogP contribution >= 0.6 is 0 Å². The van der Waals surface area contributed by atoms with Crippen LogP contribution in [0.25, 0.3) is 0 Å². The monoisotopic (exact) mass is 325 g/mol. The Hall–Kier alpha value is -2.24. The quantitative estimate of drug-likeness (QED) is 0.861. The molecular formula is C18H23N5O. The maximum atomic E-state index is 11.8. The van der Waals surface area contributed by atoms with Crippen molar-refractivity contribution >= 4 is 5.82 Å². The van der Waals surface area contributed by atoms with Gasteiger partial charge in [0.15, 0.2) is 5.82 Å². The molecule has 6 nitrogen and oxygen atoms in total. The number of piperidine rings is 1. The average molecular weight is 325 g/mol. The fraction of sp³-hybridized carbons (Fsp3) is 0.556. The van der Waals surface area contributed by atoms with Gasteiger partial charge in [0.05, 0.1) is 12.0 Å². The molecule has 1 saturated heterocycles. The van der Waals surface area contributed by atoms with Crippen LogP contribution in [0.1, 0.15) is 36.9 Å². The van der Waals surface area contributed by atoms with Crippen molar-refractivity contribution in [3.8, 4) is 0 Å². The van der Waals surface area contributed by atoms with Crippen LogP contribution in [0.5, 0.6) is 0 Å². The summed E-state index contributed by atoms with van der Waals surface area (Å²) in [6.45, 7) is 2.72. The van der Waals surface area contributed by atoms with Crippen molar-refractivity contribution in [1.82, 2.24) is 19.7 Å². The van der Waals surface area contributed by atoms with Crippen LogP contribution < -0.4 is 10.5 Å². The molecule has 2 aromatic rings. The first-order valence-corrected chi connectivity index (χ1v) is 8.90. The number of fused-ring (bicyclic) bond motifs is 1. The van der Waals surface area contributed by atoms with E-state index in [0.29, 0.717) is 5.92 Å². The summed E-state index contributed by atoms with van der Waals surface area (Å²) in [5.74, 6) is 1.54. The number of anilines is 1. The van der Waals surface area contributed by atoms with Gasteiger partial charge in [-0.15, -0.1) is 5.10 Å². The number of aromatic nitrogens is 4. The van der Waals surface area contributed by atoms with E-state index in [9.17, 15) is 4.79 Å². The van der Waals surface area contributed by atoms with Gasteiger partial charge in [0.2, 0.25) is 0 Å². The average Bonchev–Trinajstić information content (AvgIpc) is 2.64. The molecule has 1 aliphatic carbocycles. The predicted molar refractivity (Wildman–Crippen MR) is 92.1 cm³/mol. The van der Waals surface area contributed by atoms with Crippen LogP contribution in [-0.4, -0.2) is 32.8 Å². The van der Waals surface area contributed by atoms with Gasteiger partial charge in [-0.3, -0.25) is 9.36 Å². The molecule has 4 rings (SSSR count). The van der Waals surface area contributed by atoms with Crippen molar-refractivity contribution in [2.45, 2.75) is 45.1 Å². The lowest BCUT2D eigenvalue weighted by molar-refractivity contribution is 0.349. The molecule has 2 aromatic heterocycles. The summed E-state index contributed by atoms with van der Waals surface area (Å²) in [7, 11) is 0. The van der Waals surface area contributed by atoms with E-state index in [1.54, 1.807) is 17.1 Å². The number of rotatable bonds is 3. The van der Waals surface area contributed by atoms with E-state index in [1.165, 1.54) is 30.2 Å². The molecule has 0 spiro atoms. The molecule has 0 aromatic carbocycles. The minimum absolute atomic E-state index is 0.0352. The van der Waals surface area contributed by atoms with E-state index in [4.69, 9.17) is 0 Å². The van der Waals surface area contributed by atoms with Crippen LogP contribution in [-0.2, 0) is 19.4 Å². The smallest absolute Gasteiger partial charge is 0.253 e. The zero-order chi connectivity index (χ0) is 16.4. The second-order valence-electron chi connectivity index (χ2n) is 6.88. The molecule has 0 unspecified atom stereocenters. The molecule has 0 bridgehead atoms. The molecule has 1 fully saturated rings. The maximum absolute atomic E-state index is 11.8. The van der Waals surface area contributed by atoms with Gasteiger partial charge >= 0.3 is 0 Å². The molecule has 24 heavy (non-hydrogen) atoms. The highest BCUT2D eigenvalue weighted by molar-refractivity contribution is 5.42. The molecular weight excluding hydrogens is 302 g/mol. The highest BCUT2D eigenvalue weighted by atomic mass is 16.1. The first kappa shape index (κ1) is 15.3. The van der Waals surface area contributed by atoms with Gasteiger partial charge in [-0.2, -0.15) is 5.10 Å². The molecule has 2 aliphatic rings. The summed E-state index contributed by atoms with van der Waals surface area (Å²) >= 11 is 0. The second kappa shape index (κ2) is 6.71. The normalized spacial score (nSPS) is 18.4. The molecule has 0 N–H and O–H groups in total. The Morgan fingerprint density at radius 3 is 2.79 bits per heavy atom. The Bertz CT molecular complexity index is 764. The van der Waals surface area contributed by atoms with E-state index in [-0.39, 0.29) is 5.56 Å². The summed E-state index contributed by atoms with van der Waals surface area (Å²) in [5.41, 5.74) is 2.61. The van der Waals surface area contributed by atoms with Crippen molar-refractivity contribution in [3.05, 3.63) is 46.3 Å². The zero-order valence-corrected chi connectivity index (χ0v) is 13.9. The van der Waals surface area contributed by atoms with E-state index >= 15 is 0 Å². The van der Waals surface area contributed by atoms with Crippen LogP contribution in [0.15, 0.2) is 29.5 Å². The van der Waals surface area contributed by atoms with Gasteiger partial charge in [-0.25, -0.2) is 4.98 Å². The van der Waals surface area contributed by atoms with E-state index in [2.05, 4.69) is 26.1 Å². The topological polar surface area (TPSA) is 63.9 Å². The lowest BCUT2D eigenvalue weighted by Gasteiger charge is -2.33. The van der Waals surface area contributed by atoms with Gasteiger partial charge in [0.25, 0.3) is 5.56 Å². The van der Waals surface area contributed by atoms with Crippen molar-refractivity contribution in [3.63, 3.8) is 0 Å². The molecule has 126 valence electrons. The van der Waals surface area contributed by atoms with Crippen LogP contribution in [0.2, 0.25) is 0 Å². The molecule has 1 aliphatic heterocycles. The third-order valence-electron chi connectivity index (χ3n) is 5.24. The van der Waals surface area contributed by atoms with Crippen molar-refractivity contribution in [2.24, 2.45) is 5.92 Å². The van der Waals surface area contributed by atoms with Gasteiger partial charge in [-0.05, 0) is 56.1 Å². The van der Waals surface area contributed by atoms with Crippen LogP contribution in [0, 0.1) is 5.92 Å². The minimum Gasteiger partial charge on any atom is -0.355 e. The second-order valence-corrected chi connectivity index (χ2v) is 6.88. The molecule has 3 heterocycles. The van der Waals surface area contributed by atoms with Gasteiger partial charge in [-0.1, -0.05) is 0 Å². The third-order valence-corrected chi connectivity index (χ3v) is 5.24. The lowest BCUT2D eigenvalue weighted by atomic mass is 9.95.